The summed E-state index contributed by atoms with van der Waals surface area (Å²) >= 11 is 3.59. The molecule has 1 unspecified atom stereocenters. The van der Waals surface area contributed by atoms with Crippen LogP contribution in [-0.2, 0) is 0 Å². The van der Waals surface area contributed by atoms with Crippen molar-refractivity contribution in [3.8, 4) is 12.3 Å². The van der Waals surface area contributed by atoms with Crippen molar-refractivity contribution >= 4 is 26.8 Å². The van der Waals surface area contributed by atoms with E-state index in [9.17, 15) is 0 Å². The van der Waals surface area contributed by atoms with Crippen molar-refractivity contribution < 1.29 is 0 Å². The van der Waals surface area contributed by atoms with Crippen molar-refractivity contribution in [2.75, 3.05) is 6.54 Å². The average Bonchev–Trinajstić information content (AvgIpc) is 2.38. The molecule has 0 aliphatic rings. The summed E-state index contributed by atoms with van der Waals surface area (Å²) in [6, 6.07) is 10.3. The van der Waals surface area contributed by atoms with Crippen molar-refractivity contribution in [3.05, 3.63) is 40.5 Å². The van der Waals surface area contributed by atoms with Gasteiger partial charge in [-0.3, -0.25) is 0 Å². The number of terminal acetylenes is 1. The Morgan fingerprint density at radius 1 is 1.44 bits per heavy atom. The number of rotatable bonds is 4. The van der Waals surface area contributed by atoms with Crippen LogP contribution in [0.4, 0.5) is 0 Å². The molecule has 0 bridgehead atoms. The standard InChI is InChI=1S/C15H15BrN2/c1-3-7-14(17-4-2)15-12(16)10-11-8-5-6-9-13(11)18-15/h1,5-6,8-10,14,17H,4,7H2,2H3. The summed E-state index contributed by atoms with van der Waals surface area (Å²) in [6.07, 6.45) is 6.06. The Morgan fingerprint density at radius 2 is 2.22 bits per heavy atom. The quantitative estimate of drug-likeness (QED) is 0.872. The number of hydrogen-bond donors (Lipinski definition) is 1. The zero-order valence-electron chi connectivity index (χ0n) is 10.3. The Kier molecular flexibility index (Phi) is 4.35. The second-order valence-electron chi connectivity index (χ2n) is 4.07. The predicted octanol–water partition coefficient (Wildman–Crippen LogP) is 3.67. The van der Waals surface area contributed by atoms with Crippen molar-refractivity contribution in [1.29, 1.82) is 0 Å². The predicted molar refractivity (Wildman–Crippen MR) is 79.3 cm³/mol. The average molecular weight is 303 g/mol. The molecule has 0 spiro atoms. The first-order chi connectivity index (χ1) is 8.76. The van der Waals surface area contributed by atoms with E-state index >= 15 is 0 Å². The second-order valence-corrected chi connectivity index (χ2v) is 4.92. The molecule has 0 amide bonds. The van der Waals surface area contributed by atoms with Crippen LogP contribution in [0.3, 0.4) is 0 Å². The van der Waals surface area contributed by atoms with E-state index in [4.69, 9.17) is 11.4 Å². The number of hydrogen-bond acceptors (Lipinski definition) is 2. The summed E-state index contributed by atoms with van der Waals surface area (Å²) < 4.78 is 1.00. The SMILES string of the molecule is C#CCC(NCC)c1nc2ccccc2cc1Br. The lowest BCUT2D eigenvalue weighted by Crippen LogP contribution is -2.22. The fourth-order valence-electron chi connectivity index (χ4n) is 1.98. The summed E-state index contributed by atoms with van der Waals surface area (Å²) in [5, 5.41) is 4.50. The monoisotopic (exact) mass is 302 g/mol. The highest BCUT2D eigenvalue weighted by molar-refractivity contribution is 9.10. The van der Waals surface area contributed by atoms with Crippen LogP contribution in [0, 0.1) is 12.3 Å². The van der Waals surface area contributed by atoms with Gasteiger partial charge < -0.3 is 5.32 Å². The molecule has 3 heteroatoms. The van der Waals surface area contributed by atoms with Gasteiger partial charge in [0.05, 0.1) is 17.3 Å². The van der Waals surface area contributed by atoms with Crippen molar-refractivity contribution in [3.63, 3.8) is 0 Å². The molecule has 1 N–H and O–H groups in total. The lowest BCUT2D eigenvalue weighted by Gasteiger charge is -2.17. The molecule has 0 fully saturated rings. The summed E-state index contributed by atoms with van der Waals surface area (Å²) in [4.78, 5) is 4.71. The van der Waals surface area contributed by atoms with Crippen molar-refractivity contribution in [2.45, 2.75) is 19.4 Å². The van der Waals surface area contributed by atoms with E-state index in [1.165, 1.54) is 0 Å². The van der Waals surface area contributed by atoms with Gasteiger partial charge in [0.2, 0.25) is 0 Å². The molecule has 1 atom stereocenters. The molecule has 0 aliphatic heterocycles. The van der Waals surface area contributed by atoms with Gasteiger partial charge in [0.1, 0.15) is 0 Å². The maximum absolute atomic E-state index is 5.43. The Bertz CT molecular complexity index is 587. The van der Waals surface area contributed by atoms with E-state index in [1.54, 1.807) is 0 Å². The third-order valence-electron chi connectivity index (χ3n) is 2.81. The van der Waals surface area contributed by atoms with Gasteiger partial charge in [0.15, 0.2) is 0 Å². The fourth-order valence-corrected chi connectivity index (χ4v) is 2.59. The molecule has 2 nitrogen and oxygen atoms in total. The highest BCUT2D eigenvalue weighted by atomic mass is 79.9. The Morgan fingerprint density at radius 3 is 2.94 bits per heavy atom. The van der Waals surface area contributed by atoms with E-state index < -0.39 is 0 Å². The molecule has 0 aliphatic carbocycles. The number of nitrogens with one attached hydrogen (secondary N) is 1. The number of para-hydroxylation sites is 1. The zero-order valence-corrected chi connectivity index (χ0v) is 11.9. The number of fused-ring (bicyclic) bond motifs is 1. The molecular weight excluding hydrogens is 288 g/mol. The van der Waals surface area contributed by atoms with Gasteiger partial charge in [-0.25, -0.2) is 4.98 Å². The fraction of sp³-hybridized carbons (Fsp3) is 0.267. The van der Waals surface area contributed by atoms with E-state index in [0.29, 0.717) is 6.42 Å². The van der Waals surface area contributed by atoms with E-state index in [-0.39, 0.29) is 6.04 Å². The Hall–Kier alpha value is -1.37. The van der Waals surface area contributed by atoms with Crippen molar-refractivity contribution in [1.82, 2.24) is 10.3 Å². The summed E-state index contributed by atoms with van der Waals surface area (Å²) in [5.74, 6) is 2.70. The minimum absolute atomic E-state index is 0.0963. The van der Waals surface area contributed by atoms with Gasteiger partial charge in [-0.1, -0.05) is 25.1 Å². The van der Waals surface area contributed by atoms with Crippen LogP contribution in [-0.4, -0.2) is 11.5 Å². The third-order valence-corrected chi connectivity index (χ3v) is 3.44. The highest BCUT2D eigenvalue weighted by Crippen LogP contribution is 2.27. The Balaban J connectivity index is 2.48. The Labute approximate surface area is 116 Å². The second kappa shape index (κ2) is 5.99. The summed E-state index contributed by atoms with van der Waals surface area (Å²) in [6.45, 7) is 2.94. The topological polar surface area (TPSA) is 24.9 Å². The molecule has 1 heterocycles. The third kappa shape index (κ3) is 2.72. The molecule has 0 saturated carbocycles. The van der Waals surface area contributed by atoms with E-state index in [1.807, 2.05) is 18.2 Å². The summed E-state index contributed by atoms with van der Waals surface area (Å²) in [7, 11) is 0. The van der Waals surface area contributed by atoms with Crippen LogP contribution in [0.25, 0.3) is 10.9 Å². The maximum Gasteiger partial charge on any atom is 0.0732 e. The first-order valence-electron chi connectivity index (χ1n) is 5.98. The normalized spacial score (nSPS) is 12.3. The number of halogens is 1. The lowest BCUT2D eigenvalue weighted by atomic mass is 10.1. The van der Waals surface area contributed by atoms with E-state index in [0.717, 1.165) is 27.6 Å². The molecule has 1 aromatic heterocycles. The number of benzene rings is 1. The van der Waals surface area contributed by atoms with Gasteiger partial charge in [0.25, 0.3) is 0 Å². The largest absolute Gasteiger partial charge is 0.308 e. The minimum atomic E-state index is 0.0963. The maximum atomic E-state index is 5.43. The zero-order chi connectivity index (χ0) is 13.0. The molecular formula is C15H15BrN2. The molecule has 2 rings (SSSR count). The molecule has 0 saturated heterocycles. The molecule has 92 valence electrons. The first-order valence-corrected chi connectivity index (χ1v) is 6.77. The summed E-state index contributed by atoms with van der Waals surface area (Å²) in [5.41, 5.74) is 1.98. The van der Waals surface area contributed by atoms with Crippen LogP contribution in [0.2, 0.25) is 0 Å². The molecule has 18 heavy (non-hydrogen) atoms. The lowest BCUT2D eigenvalue weighted by molar-refractivity contribution is 0.551. The smallest absolute Gasteiger partial charge is 0.0732 e. The highest BCUT2D eigenvalue weighted by Gasteiger charge is 2.15. The number of pyridine rings is 1. The van der Waals surface area contributed by atoms with Gasteiger partial charge in [0, 0.05) is 16.3 Å². The number of nitrogens with zero attached hydrogens (tertiary/aromatic N) is 1. The van der Waals surface area contributed by atoms with E-state index in [2.05, 4.69) is 46.2 Å². The van der Waals surface area contributed by atoms with Gasteiger partial charge >= 0.3 is 0 Å². The molecule has 0 radical (unpaired) electrons. The van der Waals surface area contributed by atoms with Crippen LogP contribution in [0.1, 0.15) is 25.1 Å². The van der Waals surface area contributed by atoms with Crippen molar-refractivity contribution in [2.24, 2.45) is 0 Å². The van der Waals surface area contributed by atoms with Crippen LogP contribution in [0.15, 0.2) is 34.8 Å². The molecule has 2 aromatic rings. The molecule has 1 aromatic carbocycles. The van der Waals surface area contributed by atoms with Crippen LogP contribution < -0.4 is 5.32 Å². The van der Waals surface area contributed by atoms with Gasteiger partial charge in [-0.15, -0.1) is 12.3 Å². The minimum Gasteiger partial charge on any atom is -0.308 e. The number of aromatic nitrogens is 1. The van der Waals surface area contributed by atoms with Gasteiger partial charge in [-0.05, 0) is 34.6 Å². The van der Waals surface area contributed by atoms with Crippen LogP contribution in [0.5, 0.6) is 0 Å². The first kappa shape index (κ1) is 13.1. The van der Waals surface area contributed by atoms with Gasteiger partial charge in [-0.2, -0.15) is 0 Å². The van der Waals surface area contributed by atoms with Crippen LogP contribution >= 0.6 is 15.9 Å².